The molecule has 0 amide bonds. The van der Waals surface area contributed by atoms with Crippen LogP contribution in [0.5, 0.6) is 0 Å². The average molecular weight is 215 g/mol. The zero-order valence-corrected chi connectivity index (χ0v) is 9.77. The fraction of sp³-hybridized carbons (Fsp3) is 0.462. The van der Waals surface area contributed by atoms with Gasteiger partial charge in [-0.1, -0.05) is 6.07 Å². The number of rotatable bonds is 2. The summed E-state index contributed by atoms with van der Waals surface area (Å²) in [6.07, 6.45) is 2.54. The van der Waals surface area contributed by atoms with E-state index in [1.54, 1.807) is 0 Å². The summed E-state index contributed by atoms with van der Waals surface area (Å²) in [4.78, 5) is 4.70. The monoisotopic (exact) mass is 215 g/mol. The molecular weight excluding hydrogens is 198 g/mol. The molecular formula is C13H17N3. The number of aryl methyl sites for hydroxylation is 1. The largest absolute Gasteiger partial charge is 0.323 e. The quantitative estimate of drug-likeness (QED) is 0.836. The van der Waals surface area contributed by atoms with E-state index in [0.717, 1.165) is 5.69 Å². The van der Waals surface area contributed by atoms with Gasteiger partial charge in [0.15, 0.2) is 0 Å². The van der Waals surface area contributed by atoms with Gasteiger partial charge in [-0.3, -0.25) is 4.40 Å². The number of nitrogens with zero attached hydrogens (tertiary/aromatic N) is 2. The molecule has 1 aliphatic carbocycles. The topological polar surface area (TPSA) is 43.3 Å². The molecule has 1 unspecified atom stereocenters. The highest BCUT2D eigenvalue weighted by Gasteiger charge is 2.29. The van der Waals surface area contributed by atoms with Crippen LogP contribution >= 0.6 is 0 Å². The zero-order valence-electron chi connectivity index (χ0n) is 9.77. The van der Waals surface area contributed by atoms with Crippen molar-refractivity contribution in [3.8, 4) is 0 Å². The minimum atomic E-state index is 0.0507. The number of hydrogen-bond acceptors (Lipinski definition) is 2. The van der Waals surface area contributed by atoms with E-state index in [1.165, 1.54) is 29.9 Å². The number of fused-ring (bicyclic) bond motifs is 1. The van der Waals surface area contributed by atoms with E-state index in [9.17, 15) is 0 Å². The lowest BCUT2D eigenvalue weighted by Crippen LogP contribution is -2.11. The Labute approximate surface area is 95.3 Å². The Balaban J connectivity index is 2.33. The molecule has 0 aromatic carbocycles. The third kappa shape index (κ3) is 1.35. The normalized spacial score (nSPS) is 17.9. The number of hydrogen-bond donors (Lipinski definition) is 1. The Hall–Kier alpha value is -1.35. The van der Waals surface area contributed by atoms with Crippen molar-refractivity contribution in [3.05, 3.63) is 35.4 Å². The van der Waals surface area contributed by atoms with E-state index in [-0.39, 0.29) is 6.04 Å². The summed E-state index contributed by atoms with van der Waals surface area (Å²) in [5.41, 5.74) is 9.52. The minimum Gasteiger partial charge on any atom is -0.323 e. The Morgan fingerprint density at radius 3 is 2.81 bits per heavy atom. The smallest absolute Gasteiger partial charge is 0.116 e. The summed E-state index contributed by atoms with van der Waals surface area (Å²) in [6.45, 7) is 4.10. The molecule has 0 bridgehead atoms. The lowest BCUT2D eigenvalue weighted by Gasteiger charge is -2.11. The predicted octanol–water partition coefficient (Wildman–Crippen LogP) is 2.54. The van der Waals surface area contributed by atoms with Gasteiger partial charge in [0.05, 0.1) is 11.2 Å². The molecule has 3 heteroatoms. The van der Waals surface area contributed by atoms with Crippen LogP contribution in [0.2, 0.25) is 0 Å². The van der Waals surface area contributed by atoms with Gasteiger partial charge in [0.2, 0.25) is 0 Å². The molecule has 0 radical (unpaired) electrons. The van der Waals surface area contributed by atoms with Crippen LogP contribution in [0, 0.1) is 6.92 Å². The van der Waals surface area contributed by atoms with Crippen LogP contribution in [0.3, 0.4) is 0 Å². The first-order valence-electron chi connectivity index (χ1n) is 5.92. The van der Waals surface area contributed by atoms with Crippen LogP contribution in [0.15, 0.2) is 18.2 Å². The first kappa shape index (κ1) is 9.85. The molecule has 3 nitrogen and oxygen atoms in total. The molecule has 2 aromatic rings. The first-order chi connectivity index (χ1) is 7.68. The van der Waals surface area contributed by atoms with E-state index >= 15 is 0 Å². The maximum atomic E-state index is 6.03. The summed E-state index contributed by atoms with van der Waals surface area (Å²) in [5.74, 6) is 1.86. The summed E-state index contributed by atoms with van der Waals surface area (Å²) in [5, 5.41) is 0. The van der Waals surface area contributed by atoms with Crippen LogP contribution in [0.1, 0.15) is 48.9 Å². The van der Waals surface area contributed by atoms with Gasteiger partial charge in [0.25, 0.3) is 0 Å². The van der Waals surface area contributed by atoms with Crippen molar-refractivity contribution in [2.24, 2.45) is 5.73 Å². The van der Waals surface area contributed by atoms with Gasteiger partial charge in [0, 0.05) is 17.7 Å². The number of pyridine rings is 1. The highest BCUT2D eigenvalue weighted by Crippen LogP contribution is 2.40. The Bertz CT molecular complexity index is 535. The summed E-state index contributed by atoms with van der Waals surface area (Å²) in [6, 6.07) is 6.35. The lowest BCUT2D eigenvalue weighted by molar-refractivity contribution is 0.741. The second kappa shape index (κ2) is 3.32. The number of imidazole rings is 1. The van der Waals surface area contributed by atoms with Gasteiger partial charge in [-0.25, -0.2) is 4.98 Å². The van der Waals surface area contributed by atoms with Gasteiger partial charge in [0.1, 0.15) is 5.82 Å². The molecule has 1 fully saturated rings. The van der Waals surface area contributed by atoms with Gasteiger partial charge < -0.3 is 5.73 Å². The van der Waals surface area contributed by atoms with Crippen molar-refractivity contribution in [1.29, 1.82) is 0 Å². The van der Waals surface area contributed by atoms with Gasteiger partial charge >= 0.3 is 0 Å². The minimum absolute atomic E-state index is 0.0507. The molecule has 0 spiro atoms. The first-order valence-corrected chi connectivity index (χ1v) is 5.92. The van der Waals surface area contributed by atoms with E-state index < -0.39 is 0 Å². The summed E-state index contributed by atoms with van der Waals surface area (Å²) >= 11 is 0. The molecule has 2 heterocycles. The van der Waals surface area contributed by atoms with Gasteiger partial charge in [-0.05, 0) is 38.8 Å². The van der Waals surface area contributed by atoms with Crippen LogP contribution in [-0.4, -0.2) is 9.38 Å². The van der Waals surface area contributed by atoms with Gasteiger partial charge in [-0.2, -0.15) is 0 Å². The molecule has 1 saturated carbocycles. The van der Waals surface area contributed by atoms with Crippen LogP contribution in [0.4, 0.5) is 0 Å². The average Bonchev–Trinajstić information content (AvgIpc) is 3.04. The third-order valence-corrected chi connectivity index (χ3v) is 3.31. The molecule has 0 saturated heterocycles. The van der Waals surface area contributed by atoms with Crippen molar-refractivity contribution >= 4 is 5.52 Å². The Morgan fingerprint density at radius 1 is 1.44 bits per heavy atom. The van der Waals surface area contributed by atoms with Crippen molar-refractivity contribution in [2.75, 3.05) is 0 Å². The standard InChI is InChI=1S/C13H17N3/c1-8(14)11-4-3-5-12-9(2)15-13(16(11)12)10-6-7-10/h3-5,8,10H,6-7,14H2,1-2H3. The molecule has 84 valence electrons. The number of nitrogens with two attached hydrogens (primary N) is 1. The molecule has 3 rings (SSSR count). The highest BCUT2D eigenvalue weighted by atomic mass is 15.1. The van der Waals surface area contributed by atoms with Gasteiger partial charge in [-0.15, -0.1) is 0 Å². The Morgan fingerprint density at radius 2 is 2.19 bits per heavy atom. The molecule has 1 atom stereocenters. The van der Waals surface area contributed by atoms with Crippen molar-refractivity contribution in [3.63, 3.8) is 0 Å². The van der Waals surface area contributed by atoms with E-state index in [2.05, 4.69) is 29.5 Å². The van der Waals surface area contributed by atoms with Crippen molar-refractivity contribution in [2.45, 2.75) is 38.6 Å². The predicted molar refractivity (Wildman–Crippen MR) is 64.5 cm³/mol. The van der Waals surface area contributed by atoms with E-state index in [0.29, 0.717) is 5.92 Å². The zero-order chi connectivity index (χ0) is 11.3. The molecule has 2 aromatic heterocycles. The van der Waals surface area contributed by atoms with Crippen LogP contribution in [-0.2, 0) is 0 Å². The summed E-state index contributed by atoms with van der Waals surface area (Å²) in [7, 11) is 0. The Kier molecular flexibility index (Phi) is 2.04. The molecule has 1 aliphatic rings. The lowest BCUT2D eigenvalue weighted by atomic mass is 10.2. The SMILES string of the molecule is Cc1nc(C2CC2)n2c(C(C)N)cccc12. The maximum absolute atomic E-state index is 6.03. The fourth-order valence-electron chi connectivity index (χ4n) is 2.31. The van der Waals surface area contributed by atoms with E-state index in [1.807, 2.05) is 6.92 Å². The van der Waals surface area contributed by atoms with E-state index in [4.69, 9.17) is 10.7 Å². The molecule has 16 heavy (non-hydrogen) atoms. The summed E-state index contributed by atoms with van der Waals surface area (Å²) < 4.78 is 2.26. The highest BCUT2D eigenvalue weighted by molar-refractivity contribution is 5.54. The number of aromatic nitrogens is 2. The second-order valence-corrected chi connectivity index (χ2v) is 4.79. The van der Waals surface area contributed by atoms with Crippen molar-refractivity contribution < 1.29 is 0 Å². The maximum Gasteiger partial charge on any atom is 0.116 e. The third-order valence-electron chi connectivity index (χ3n) is 3.31. The van der Waals surface area contributed by atoms with Crippen LogP contribution in [0.25, 0.3) is 5.52 Å². The molecule has 2 N–H and O–H groups in total. The fourth-order valence-corrected chi connectivity index (χ4v) is 2.31. The molecule has 0 aliphatic heterocycles. The van der Waals surface area contributed by atoms with Crippen molar-refractivity contribution in [1.82, 2.24) is 9.38 Å². The second-order valence-electron chi connectivity index (χ2n) is 4.79. The van der Waals surface area contributed by atoms with Crippen LogP contribution < -0.4 is 5.73 Å².